The highest BCUT2D eigenvalue weighted by Gasteiger charge is 2.11. The molecule has 4 rings (SSSR count). The van der Waals surface area contributed by atoms with Gasteiger partial charge in [-0.2, -0.15) is 0 Å². The molecule has 8 nitrogen and oxygen atoms in total. The van der Waals surface area contributed by atoms with Gasteiger partial charge >= 0.3 is 5.76 Å². The zero-order valence-corrected chi connectivity index (χ0v) is 15.0. The molecule has 0 atom stereocenters. The molecule has 136 valence electrons. The number of benzene rings is 1. The van der Waals surface area contributed by atoms with E-state index in [-0.39, 0.29) is 18.0 Å². The highest BCUT2D eigenvalue weighted by molar-refractivity contribution is 7.14. The quantitative estimate of drug-likeness (QED) is 0.563. The number of H-pyrrole nitrogens is 1. The van der Waals surface area contributed by atoms with Crippen LogP contribution in [0.15, 0.2) is 55.9 Å². The number of nitrogens with zero attached hydrogens (tertiary/aromatic N) is 2. The number of nitrogens with one attached hydrogen (secondary N) is 2. The Balaban J connectivity index is 1.51. The average molecular weight is 382 g/mol. The predicted molar refractivity (Wildman–Crippen MR) is 102 cm³/mol. The Labute approximate surface area is 156 Å². The molecule has 0 aliphatic heterocycles. The van der Waals surface area contributed by atoms with Gasteiger partial charge in [-0.15, -0.1) is 11.3 Å². The van der Waals surface area contributed by atoms with E-state index in [4.69, 9.17) is 4.42 Å². The van der Waals surface area contributed by atoms with Crippen molar-refractivity contribution in [1.29, 1.82) is 0 Å². The van der Waals surface area contributed by atoms with E-state index in [1.54, 1.807) is 48.8 Å². The number of aromatic amines is 1. The Hall–Kier alpha value is -3.46. The minimum atomic E-state index is -0.514. The summed E-state index contributed by atoms with van der Waals surface area (Å²) in [5, 5.41) is 4.91. The van der Waals surface area contributed by atoms with Crippen molar-refractivity contribution in [1.82, 2.24) is 14.5 Å². The van der Waals surface area contributed by atoms with Crippen molar-refractivity contribution in [2.24, 2.45) is 0 Å². The number of hydrogen-bond acceptors (Lipinski definition) is 6. The number of rotatable bonds is 4. The van der Waals surface area contributed by atoms with Crippen molar-refractivity contribution >= 4 is 33.5 Å². The molecule has 4 aromatic rings. The van der Waals surface area contributed by atoms with Crippen LogP contribution in [0.1, 0.15) is 5.56 Å². The Morgan fingerprint density at radius 3 is 3.04 bits per heavy atom. The number of fused-ring (bicyclic) bond motifs is 1. The number of anilines is 1. The van der Waals surface area contributed by atoms with Crippen molar-refractivity contribution in [2.45, 2.75) is 13.5 Å². The second-order valence-corrected chi connectivity index (χ2v) is 6.79. The van der Waals surface area contributed by atoms with Gasteiger partial charge in [0.15, 0.2) is 10.7 Å². The van der Waals surface area contributed by atoms with Crippen LogP contribution in [0, 0.1) is 6.92 Å². The molecular formula is C18H14N4O4S. The molecule has 0 aliphatic carbocycles. The van der Waals surface area contributed by atoms with E-state index >= 15 is 0 Å². The third-order valence-corrected chi connectivity index (χ3v) is 4.75. The number of carbonyl (C=O) groups is 1. The van der Waals surface area contributed by atoms with Crippen LogP contribution in [0.4, 0.5) is 5.13 Å². The Kier molecular flexibility index (Phi) is 4.21. The number of pyridine rings is 1. The highest BCUT2D eigenvalue weighted by atomic mass is 32.1. The van der Waals surface area contributed by atoms with E-state index in [0.29, 0.717) is 27.5 Å². The monoisotopic (exact) mass is 382 g/mol. The van der Waals surface area contributed by atoms with Crippen LogP contribution >= 0.6 is 11.3 Å². The van der Waals surface area contributed by atoms with Crippen LogP contribution < -0.4 is 16.6 Å². The molecule has 1 aromatic carbocycles. The van der Waals surface area contributed by atoms with Crippen LogP contribution in [0.3, 0.4) is 0 Å². The van der Waals surface area contributed by atoms with Gasteiger partial charge in [0, 0.05) is 22.7 Å². The summed E-state index contributed by atoms with van der Waals surface area (Å²) in [6.45, 7) is 1.61. The Morgan fingerprint density at radius 2 is 2.19 bits per heavy atom. The third-order valence-electron chi connectivity index (χ3n) is 3.99. The van der Waals surface area contributed by atoms with Crippen molar-refractivity contribution < 1.29 is 9.21 Å². The Bertz CT molecular complexity index is 1260. The normalized spacial score (nSPS) is 11.0. The molecule has 0 spiro atoms. The Morgan fingerprint density at radius 1 is 1.33 bits per heavy atom. The molecule has 0 fully saturated rings. The third kappa shape index (κ3) is 3.44. The maximum Gasteiger partial charge on any atom is 0.417 e. The summed E-state index contributed by atoms with van der Waals surface area (Å²) < 4.78 is 6.40. The molecule has 0 bridgehead atoms. The standard InChI is InChI=1S/C18H14N4O4S/c1-10-3-2-6-22(16(10)24)8-15(23)21-17-19-13(9-27-17)11-4-5-12-14(7-11)26-18(25)20-12/h2-7,9H,8H2,1H3,(H,20,25)(H,19,21,23). The van der Waals surface area contributed by atoms with E-state index < -0.39 is 5.76 Å². The summed E-state index contributed by atoms with van der Waals surface area (Å²) in [5.74, 6) is -0.851. The summed E-state index contributed by atoms with van der Waals surface area (Å²) >= 11 is 1.27. The van der Waals surface area contributed by atoms with E-state index in [1.807, 2.05) is 0 Å². The second kappa shape index (κ2) is 6.69. The second-order valence-electron chi connectivity index (χ2n) is 5.94. The topological polar surface area (TPSA) is 110 Å². The van der Waals surface area contributed by atoms with E-state index in [1.165, 1.54) is 15.9 Å². The van der Waals surface area contributed by atoms with Crippen molar-refractivity contribution in [3.05, 3.63) is 68.4 Å². The zero-order valence-electron chi connectivity index (χ0n) is 14.2. The summed E-state index contributed by atoms with van der Waals surface area (Å²) in [5.41, 5.74) is 2.83. The number of aryl methyl sites for hydroxylation is 1. The first-order valence-electron chi connectivity index (χ1n) is 8.04. The minimum Gasteiger partial charge on any atom is -0.408 e. The van der Waals surface area contributed by atoms with Gasteiger partial charge in [0.1, 0.15) is 6.54 Å². The number of carbonyl (C=O) groups excluding carboxylic acids is 1. The molecule has 3 aromatic heterocycles. The number of aromatic nitrogens is 3. The molecule has 0 saturated heterocycles. The smallest absolute Gasteiger partial charge is 0.408 e. The van der Waals surface area contributed by atoms with Gasteiger partial charge in [-0.05, 0) is 25.1 Å². The van der Waals surface area contributed by atoms with Crippen LogP contribution in [0.25, 0.3) is 22.4 Å². The molecule has 1 amide bonds. The van der Waals surface area contributed by atoms with Crippen LogP contribution in [-0.4, -0.2) is 20.4 Å². The maximum absolute atomic E-state index is 12.2. The van der Waals surface area contributed by atoms with Gasteiger partial charge in [0.2, 0.25) is 5.91 Å². The lowest BCUT2D eigenvalue weighted by atomic mass is 10.1. The molecule has 0 saturated carbocycles. The largest absolute Gasteiger partial charge is 0.417 e. The van der Waals surface area contributed by atoms with Crippen molar-refractivity contribution in [2.75, 3.05) is 5.32 Å². The van der Waals surface area contributed by atoms with Gasteiger partial charge in [0.05, 0.1) is 11.2 Å². The molecule has 27 heavy (non-hydrogen) atoms. The predicted octanol–water partition coefficient (Wildman–Crippen LogP) is 2.35. The molecule has 9 heteroatoms. The minimum absolute atomic E-state index is 0.0874. The molecule has 3 heterocycles. The summed E-state index contributed by atoms with van der Waals surface area (Å²) in [4.78, 5) is 42.4. The first-order valence-corrected chi connectivity index (χ1v) is 8.92. The number of hydrogen-bond donors (Lipinski definition) is 2. The van der Waals surface area contributed by atoms with Gasteiger partial charge < -0.3 is 14.3 Å². The SMILES string of the molecule is Cc1cccn(CC(=O)Nc2nc(-c3ccc4[nH]c(=O)oc4c3)cs2)c1=O. The lowest BCUT2D eigenvalue weighted by Crippen LogP contribution is -2.28. The maximum atomic E-state index is 12.2. The van der Waals surface area contributed by atoms with Crippen LogP contribution in [-0.2, 0) is 11.3 Å². The summed E-state index contributed by atoms with van der Waals surface area (Å²) in [7, 11) is 0. The van der Waals surface area contributed by atoms with Crippen LogP contribution in [0.5, 0.6) is 0 Å². The fourth-order valence-electron chi connectivity index (χ4n) is 2.66. The van der Waals surface area contributed by atoms with E-state index in [0.717, 1.165) is 5.56 Å². The van der Waals surface area contributed by atoms with Gasteiger partial charge in [0.25, 0.3) is 5.56 Å². The average Bonchev–Trinajstić information content (AvgIpc) is 3.23. The van der Waals surface area contributed by atoms with Gasteiger partial charge in [-0.1, -0.05) is 12.1 Å². The number of thiazole rings is 1. The lowest BCUT2D eigenvalue weighted by molar-refractivity contribution is -0.116. The van der Waals surface area contributed by atoms with Crippen molar-refractivity contribution in [3.8, 4) is 11.3 Å². The molecular weight excluding hydrogens is 368 g/mol. The molecule has 0 radical (unpaired) electrons. The zero-order chi connectivity index (χ0) is 19.0. The number of amides is 1. The molecule has 0 unspecified atom stereocenters. The lowest BCUT2D eigenvalue weighted by Gasteiger charge is -2.05. The van der Waals surface area contributed by atoms with E-state index in [2.05, 4.69) is 15.3 Å². The number of oxazole rings is 1. The molecule has 2 N–H and O–H groups in total. The van der Waals surface area contributed by atoms with Gasteiger partial charge in [-0.3, -0.25) is 14.6 Å². The summed E-state index contributed by atoms with van der Waals surface area (Å²) in [6, 6.07) is 8.67. The van der Waals surface area contributed by atoms with Gasteiger partial charge in [-0.25, -0.2) is 9.78 Å². The highest BCUT2D eigenvalue weighted by Crippen LogP contribution is 2.27. The van der Waals surface area contributed by atoms with E-state index in [9.17, 15) is 14.4 Å². The fraction of sp³-hybridized carbons (Fsp3) is 0.111. The first kappa shape index (κ1) is 17.0. The summed E-state index contributed by atoms with van der Waals surface area (Å²) in [6.07, 6.45) is 1.57. The molecule has 0 aliphatic rings. The fourth-order valence-corrected chi connectivity index (χ4v) is 3.40. The first-order chi connectivity index (χ1) is 13.0. The van der Waals surface area contributed by atoms with Crippen LogP contribution in [0.2, 0.25) is 0 Å². The van der Waals surface area contributed by atoms with Crippen molar-refractivity contribution in [3.63, 3.8) is 0 Å².